The number of rotatable bonds is 2. The summed E-state index contributed by atoms with van der Waals surface area (Å²) in [6.45, 7) is 2.10. The average Bonchev–Trinajstić information content (AvgIpc) is 2.81. The lowest BCUT2D eigenvalue weighted by Gasteiger charge is -2.20. The molecule has 2 aromatic rings. The van der Waals surface area contributed by atoms with Crippen LogP contribution in [0.5, 0.6) is 0 Å². The number of hydrogen-bond donors (Lipinski definition) is 1. The molecule has 0 amide bonds. The van der Waals surface area contributed by atoms with Crippen LogP contribution in [0.3, 0.4) is 0 Å². The molecular weight excluding hydrogens is 242 g/mol. The van der Waals surface area contributed by atoms with Gasteiger partial charge in [-0.25, -0.2) is 4.98 Å². The molecule has 1 unspecified atom stereocenters. The molecule has 1 aromatic carbocycles. The summed E-state index contributed by atoms with van der Waals surface area (Å²) in [5.74, 6) is 0. The fourth-order valence-electron chi connectivity index (χ4n) is 2.28. The molecule has 94 valence electrons. The SMILES string of the molecule is CN1CCc2nc(C(N)c3ccccc3)sc2C1. The van der Waals surface area contributed by atoms with Crippen molar-refractivity contribution < 1.29 is 0 Å². The van der Waals surface area contributed by atoms with Gasteiger partial charge in [-0.1, -0.05) is 30.3 Å². The second-order valence-electron chi connectivity index (χ2n) is 4.80. The number of fused-ring (bicyclic) bond motifs is 1. The maximum atomic E-state index is 6.30. The van der Waals surface area contributed by atoms with E-state index < -0.39 is 0 Å². The van der Waals surface area contributed by atoms with E-state index in [9.17, 15) is 0 Å². The van der Waals surface area contributed by atoms with Gasteiger partial charge < -0.3 is 10.6 Å². The first-order chi connectivity index (χ1) is 8.74. The lowest BCUT2D eigenvalue weighted by molar-refractivity contribution is 0.314. The van der Waals surface area contributed by atoms with Crippen LogP contribution >= 0.6 is 11.3 Å². The van der Waals surface area contributed by atoms with E-state index in [-0.39, 0.29) is 6.04 Å². The zero-order valence-electron chi connectivity index (χ0n) is 10.5. The Morgan fingerprint density at radius 2 is 2.11 bits per heavy atom. The second kappa shape index (κ2) is 4.80. The zero-order valence-corrected chi connectivity index (χ0v) is 11.3. The average molecular weight is 259 g/mol. The van der Waals surface area contributed by atoms with Gasteiger partial charge in [0.2, 0.25) is 0 Å². The largest absolute Gasteiger partial charge is 0.318 e. The fraction of sp³-hybridized carbons (Fsp3) is 0.357. The van der Waals surface area contributed by atoms with E-state index in [2.05, 4.69) is 24.1 Å². The number of nitrogens with two attached hydrogens (primary N) is 1. The Morgan fingerprint density at radius 1 is 1.33 bits per heavy atom. The first kappa shape index (κ1) is 11.8. The molecule has 4 heteroatoms. The van der Waals surface area contributed by atoms with Crippen molar-refractivity contribution in [2.24, 2.45) is 5.73 Å². The molecule has 3 rings (SSSR count). The summed E-state index contributed by atoms with van der Waals surface area (Å²) in [4.78, 5) is 8.44. The molecule has 1 atom stereocenters. The van der Waals surface area contributed by atoms with Crippen LogP contribution in [0.4, 0.5) is 0 Å². The molecule has 0 radical (unpaired) electrons. The van der Waals surface area contributed by atoms with Crippen molar-refractivity contribution in [2.45, 2.75) is 19.0 Å². The molecular formula is C14H17N3S. The molecule has 0 aliphatic carbocycles. The van der Waals surface area contributed by atoms with Gasteiger partial charge in [0.05, 0.1) is 11.7 Å². The van der Waals surface area contributed by atoms with E-state index in [0.717, 1.165) is 30.1 Å². The van der Waals surface area contributed by atoms with Crippen molar-refractivity contribution in [3.63, 3.8) is 0 Å². The molecule has 2 heterocycles. The third-order valence-electron chi connectivity index (χ3n) is 3.36. The summed E-state index contributed by atoms with van der Waals surface area (Å²) in [5.41, 5.74) is 8.68. The van der Waals surface area contributed by atoms with Crippen molar-refractivity contribution in [1.29, 1.82) is 0 Å². The Bertz CT molecular complexity index is 535. The van der Waals surface area contributed by atoms with E-state index in [0.29, 0.717) is 0 Å². The molecule has 0 bridgehead atoms. The minimum absolute atomic E-state index is 0.0906. The molecule has 0 fully saturated rings. The molecule has 18 heavy (non-hydrogen) atoms. The van der Waals surface area contributed by atoms with Crippen molar-refractivity contribution in [1.82, 2.24) is 9.88 Å². The van der Waals surface area contributed by atoms with Crippen LogP contribution in [0.2, 0.25) is 0 Å². The summed E-state index contributed by atoms with van der Waals surface area (Å²) in [6.07, 6.45) is 1.05. The van der Waals surface area contributed by atoms with Crippen LogP contribution in [0, 0.1) is 0 Å². The minimum Gasteiger partial charge on any atom is -0.318 e. The molecule has 0 saturated heterocycles. The maximum absolute atomic E-state index is 6.30. The van der Waals surface area contributed by atoms with Gasteiger partial charge in [-0.2, -0.15) is 0 Å². The van der Waals surface area contributed by atoms with Gasteiger partial charge in [0.25, 0.3) is 0 Å². The Balaban J connectivity index is 1.89. The molecule has 1 aromatic heterocycles. The lowest BCUT2D eigenvalue weighted by atomic mass is 10.1. The van der Waals surface area contributed by atoms with Gasteiger partial charge in [0.1, 0.15) is 5.01 Å². The molecule has 0 spiro atoms. The highest BCUT2D eigenvalue weighted by molar-refractivity contribution is 7.11. The molecule has 3 nitrogen and oxygen atoms in total. The smallest absolute Gasteiger partial charge is 0.114 e. The Hall–Kier alpha value is -1.23. The Labute approximate surface area is 111 Å². The van der Waals surface area contributed by atoms with Crippen molar-refractivity contribution >= 4 is 11.3 Å². The van der Waals surface area contributed by atoms with Crippen LogP contribution in [0.15, 0.2) is 30.3 Å². The van der Waals surface area contributed by atoms with Gasteiger partial charge in [0, 0.05) is 24.4 Å². The van der Waals surface area contributed by atoms with E-state index in [4.69, 9.17) is 10.7 Å². The van der Waals surface area contributed by atoms with Crippen molar-refractivity contribution in [3.8, 4) is 0 Å². The molecule has 1 aliphatic rings. The minimum atomic E-state index is -0.0906. The summed E-state index contributed by atoms with van der Waals surface area (Å²) in [7, 11) is 2.15. The summed E-state index contributed by atoms with van der Waals surface area (Å²) < 4.78 is 0. The fourth-order valence-corrected chi connectivity index (χ4v) is 3.50. The molecule has 1 aliphatic heterocycles. The first-order valence-electron chi connectivity index (χ1n) is 6.21. The van der Waals surface area contributed by atoms with Crippen LogP contribution in [0.25, 0.3) is 0 Å². The quantitative estimate of drug-likeness (QED) is 0.899. The highest BCUT2D eigenvalue weighted by Crippen LogP contribution is 2.29. The van der Waals surface area contributed by atoms with E-state index >= 15 is 0 Å². The van der Waals surface area contributed by atoms with Crippen LogP contribution in [-0.2, 0) is 13.0 Å². The van der Waals surface area contributed by atoms with Crippen LogP contribution < -0.4 is 5.73 Å². The maximum Gasteiger partial charge on any atom is 0.114 e. The number of thiazole rings is 1. The predicted octanol–water partition coefficient (Wildman–Crippen LogP) is 2.18. The highest BCUT2D eigenvalue weighted by Gasteiger charge is 2.21. The highest BCUT2D eigenvalue weighted by atomic mass is 32.1. The van der Waals surface area contributed by atoms with Gasteiger partial charge >= 0.3 is 0 Å². The molecule has 0 saturated carbocycles. The van der Waals surface area contributed by atoms with Gasteiger partial charge in [-0.3, -0.25) is 0 Å². The third kappa shape index (κ3) is 2.19. The van der Waals surface area contributed by atoms with Crippen LogP contribution in [0.1, 0.15) is 27.2 Å². The van der Waals surface area contributed by atoms with E-state index in [1.807, 2.05) is 18.2 Å². The first-order valence-corrected chi connectivity index (χ1v) is 7.03. The Morgan fingerprint density at radius 3 is 2.89 bits per heavy atom. The van der Waals surface area contributed by atoms with Gasteiger partial charge in [-0.05, 0) is 12.6 Å². The number of benzene rings is 1. The van der Waals surface area contributed by atoms with Crippen molar-refractivity contribution in [2.75, 3.05) is 13.6 Å². The van der Waals surface area contributed by atoms with Gasteiger partial charge in [0.15, 0.2) is 0 Å². The standard InChI is InChI=1S/C14H17N3S/c1-17-8-7-11-12(9-17)18-14(16-11)13(15)10-5-3-2-4-6-10/h2-6,13H,7-9,15H2,1H3. The monoisotopic (exact) mass is 259 g/mol. The normalized spacial score (nSPS) is 17.4. The molecule has 2 N–H and O–H groups in total. The second-order valence-corrected chi connectivity index (χ2v) is 5.91. The summed E-state index contributed by atoms with van der Waals surface area (Å²) >= 11 is 1.76. The zero-order chi connectivity index (χ0) is 12.5. The van der Waals surface area contributed by atoms with Crippen molar-refractivity contribution in [3.05, 3.63) is 51.5 Å². The van der Waals surface area contributed by atoms with Crippen LogP contribution in [-0.4, -0.2) is 23.5 Å². The van der Waals surface area contributed by atoms with Gasteiger partial charge in [-0.15, -0.1) is 11.3 Å². The number of hydrogen-bond acceptors (Lipinski definition) is 4. The lowest BCUT2D eigenvalue weighted by Crippen LogP contribution is -2.25. The predicted molar refractivity (Wildman–Crippen MR) is 74.6 cm³/mol. The Kier molecular flexibility index (Phi) is 3.16. The summed E-state index contributed by atoms with van der Waals surface area (Å²) in [5, 5.41) is 1.04. The number of aromatic nitrogens is 1. The van der Waals surface area contributed by atoms with E-state index in [1.165, 1.54) is 10.6 Å². The topological polar surface area (TPSA) is 42.2 Å². The number of nitrogens with zero attached hydrogens (tertiary/aromatic N) is 2. The third-order valence-corrected chi connectivity index (χ3v) is 4.53. The number of likely N-dealkylation sites (N-methyl/N-ethyl adjacent to an activating group) is 1. The summed E-state index contributed by atoms with van der Waals surface area (Å²) in [6, 6.07) is 10.1. The van der Waals surface area contributed by atoms with E-state index in [1.54, 1.807) is 11.3 Å².